The molecule has 0 amide bonds. The number of hydrogen-bond acceptors (Lipinski definition) is 2. The van der Waals surface area contributed by atoms with E-state index in [-0.39, 0.29) is 0 Å². The second kappa shape index (κ2) is 6.79. The molecule has 1 aromatic rings. The normalized spacial score (nSPS) is 23.9. The molecule has 0 aromatic heterocycles. The van der Waals surface area contributed by atoms with Gasteiger partial charge in [-0.25, -0.2) is 0 Å². The molecule has 1 fully saturated rings. The summed E-state index contributed by atoms with van der Waals surface area (Å²) < 4.78 is 5.35. The molecule has 0 radical (unpaired) electrons. The summed E-state index contributed by atoms with van der Waals surface area (Å²) in [6.07, 6.45) is 5.43. The second-order valence-corrected chi connectivity index (χ2v) is 5.24. The van der Waals surface area contributed by atoms with E-state index in [2.05, 4.69) is 30.4 Å². The van der Waals surface area contributed by atoms with Crippen molar-refractivity contribution in [3.8, 4) is 5.75 Å². The highest BCUT2D eigenvalue weighted by molar-refractivity contribution is 5.31. The molecule has 100 valence electrons. The number of hydrogen-bond donors (Lipinski definition) is 1. The maximum Gasteiger partial charge on any atom is 0.119 e. The molecule has 18 heavy (non-hydrogen) atoms. The summed E-state index contributed by atoms with van der Waals surface area (Å²) in [7, 11) is 1.75. The smallest absolute Gasteiger partial charge is 0.119 e. The first-order valence-corrected chi connectivity index (χ1v) is 7.19. The van der Waals surface area contributed by atoms with Crippen molar-refractivity contribution in [1.82, 2.24) is 5.32 Å². The summed E-state index contributed by atoms with van der Waals surface area (Å²) in [6, 6.07) is 8.63. The summed E-state index contributed by atoms with van der Waals surface area (Å²) in [6.45, 7) is 4.41. The Morgan fingerprint density at radius 3 is 2.89 bits per heavy atom. The van der Waals surface area contributed by atoms with Gasteiger partial charge < -0.3 is 10.1 Å². The Morgan fingerprint density at radius 2 is 2.11 bits per heavy atom. The molecule has 0 aliphatic heterocycles. The molecular formula is C16H25NO. The predicted octanol–water partition coefficient (Wildman–Crippen LogP) is 3.58. The van der Waals surface area contributed by atoms with E-state index < -0.39 is 0 Å². The Hall–Kier alpha value is -1.02. The lowest BCUT2D eigenvalue weighted by atomic mass is 9.75. The van der Waals surface area contributed by atoms with Crippen molar-refractivity contribution in [2.45, 2.75) is 38.5 Å². The van der Waals surface area contributed by atoms with Crippen LogP contribution in [0.4, 0.5) is 0 Å². The third-order valence-electron chi connectivity index (χ3n) is 4.09. The molecule has 1 N–H and O–H groups in total. The van der Waals surface area contributed by atoms with Crippen LogP contribution < -0.4 is 10.1 Å². The summed E-state index contributed by atoms with van der Waals surface area (Å²) in [5, 5.41) is 3.52. The quantitative estimate of drug-likeness (QED) is 0.858. The lowest BCUT2D eigenvalue weighted by molar-refractivity contribution is 0.296. The van der Waals surface area contributed by atoms with E-state index in [1.54, 1.807) is 7.11 Å². The molecule has 0 heterocycles. The lowest BCUT2D eigenvalue weighted by Gasteiger charge is -2.32. The topological polar surface area (TPSA) is 21.3 Å². The Kier molecular flexibility index (Phi) is 5.06. The minimum Gasteiger partial charge on any atom is -0.497 e. The van der Waals surface area contributed by atoms with Crippen LogP contribution in [0, 0.1) is 5.92 Å². The van der Waals surface area contributed by atoms with Gasteiger partial charge in [0.15, 0.2) is 0 Å². The molecule has 2 nitrogen and oxygen atoms in total. The van der Waals surface area contributed by atoms with E-state index in [0.29, 0.717) is 5.92 Å². The number of methoxy groups -OCH3 is 1. The van der Waals surface area contributed by atoms with Crippen molar-refractivity contribution in [3.63, 3.8) is 0 Å². The second-order valence-electron chi connectivity index (χ2n) is 5.24. The third-order valence-corrected chi connectivity index (χ3v) is 4.09. The van der Waals surface area contributed by atoms with Gasteiger partial charge in [0.1, 0.15) is 5.75 Å². The summed E-state index contributed by atoms with van der Waals surface area (Å²) in [5.74, 6) is 2.47. The molecule has 2 unspecified atom stereocenters. The van der Waals surface area contributed by atoms with E-state index in [1.807, 2.05) is 6.07 Å². The number of ether oxygens (including phenoxy) is 1. The lowest BCUT2D eigenvalue weighted by Crippen LogP contribution is -2.29. The maximum atomic E-state index is 5.35. The fourth-order valence-electron chi connectivity index (χ4n) is 3.09. The van der Waals surface area contributed by atoms with Gasteiger partial charge in [-0.05, 0) is 55.5 Å². The van der Waals surface area contributed by atoms with E-state index >= 15 is 0 Å². The maximum absolute atomic E-state index is 5.35. The summed E-state index contributed by atoms with van der Waals surface area (Å²) in [5.41, 5.74) is 1.46. The van der Waals surface area contributed by atoms with Gasteiger partial charge in [0, 0.05) is 0 Å². The number of benzene rings is 1. The first-order chi connectivity index (χ1) is 8.85. The number of nitrogens with one attached hydrogen (secondary N) is 1. The average Bonchev–Trinajstić information content (AvgIpc) is 2.45. The molecule has 1 saturated carbocycles. The van der Waals surface area contributed by atoms with Gasteiger partial charge in [0.2, 0.25) is 0 Å². The van der Waals surface area contributed by atoms with Gasteiger partial charge in [0.05, 0.1) is 7.11 Å². The fraction of sp³-hybridized carbons (Fsp3) is 0.625. The molecule has 0 saturated heterocycles. The Balaban J connectivity index is 2.11. The van der Waals surface area contributed by atoms with Crippen LogP contribution in [0.1, 0.15) is 44.1 Å². The highest BCUT2D eigenvalue weighted by Crippen LogP contribution is 2.38. The van der Waals surface area contributed by atoms with Crippen LogP contribution in [-0.4, -0.2) is 20.2 Å². The fourth-order valence-corrected chi connectivity index (χ4v) is 3.09. The third kappa shape index (κ3) is 3.26. The molecule has 1 aliphatic carbocycles. The van der Waals surface area contributed by atoms with Crippen LogP contribution in [0.2, 0.25) is 0 Å². The minimum atomic E-state index is 0.702. The van der Waals surface area contributed by atoms with Gasteiger partial charge in [-0.15, -0.1) is 0 Å². The molecule has 1 aliphatic rings. The van der Waals surface area contributed by atoms with E-state index in [1.165, 1.54) is 31.2 Å². The molecule has 2 atom stereocenters. The largest absolute Gasteiger partial charge is 0.497 e. The van der Waals surface area contributed by atoms with Crippen molar-refractivity contribution in [2.75, 3.05) is 20.2 Å². The van der Waals surface area contributed by atoms with Crippen LogP contribution >= 0.6 is 0 Å². The van der Waals surface area contributed by atoms with Crippen molar-refractivity contribution < 1.29 is 4.74 Å². The Morgan fingerprint density at radius 1 is 1.28 bits per heavy atom. The van der Waals surface area contributed by atoms with Crippen molar-refractivity contribution >= 4 is 0 Å². The predicted molar refractivity (Wildman–Crippen MR) is 76.2 cm³/mol. The number of rotatable bonds is 5. The molecule has 1 aromatic carbocycles. The minimum absolute atomic E-state index is 0.702. The van der Waals surface area contributed by atoms with Crippen LogP contribution in [0.3, 0.4) is 0 Å². The standard InChI is InChI=1S/C16H25NO/c1-3-17-12-14-7-4-5-10-16(14)13-8-6-9-15(11-13)18-2/h6,8-9,11,14,16-17H,3-5,7,10,12H2,1-2H3. The zero-order chi connectivity index (χ0) is 12.8. The van der Waals surface area contributed by atoms with Gasteiger partial charge in [0.25, 0.3) is 0 Å². The van der Waals surface area contributed by atoms with Crippen LogP contribution in [0.15, 0.2) is 24.3 Å². The van der Waals surface area contributed by atoms with Gasteiger partial charge in [-0.3, -0.25) is 0 Å². The zero-order valence-corrected chi connectivity index (χ0v) is 11.6. The highest BCUT2D eigenvalue weighted by atomic mass is 16.5. The van der Waals surface area contributed by atoms with Gasteiger partial charge in [-0.2, -0.15) is 0 Å². The molecular weight excluding hydrogens is 222 g/mol. The molecule has 0 spiro atoms. The van der Waals surface area contributed by atoms with Gasteiger partial charge in [-0.1, -0.05) is 31.9 Å². The highest BCUT2D eigenvalue weighted by Gasteiger charge is 2.26. The summed E-state index contributed by atoms with van der Waals surface area (Å²) in [4.78, 5) is 0. The molecule has 0 bridgehead atoms. The van der Waals surface area contributed by atoms with Crippen molar-refractivity contribution in [1.29, 1.82) is 0 Å². The van der Waals surface area contributed by atoms with Crippen LogP contribution in [0.5, 0.6) is 5.75 Å². The first kappa shape index (κ1) is 13.4. The van der Waals surface area contributed by atoms with E-state index in [9.17, 15) is 0 Å². The molecule has 2 heteroatoms. The molecule has 2 rings (SSSR count). The van der Waals surface area contributed by atoms with Crippen molar-refractivity contribution in [2.24, 2.45) is 5.92 Å². The monoisotopic (exact) mass is 247 g/mol. The van der Waals surface area contributed by atoms with Crippen LogP contribution in [-0.2, 0) is 0 Å². The van der Waals surface area contributed by atoms with Crippen molar-refractivity contribution in [3.05, 3.63) is 29.8 Å². The Labute approximate surface area is 111 Å². The van der Waals surface area contributed by atoms with Crippen LogP contribution in [0.25, 0.3) is 0 Å². The average molecular weight is 247 g/mol. The SMILES string of the molecule is CCNCC1CCCCC1c1cccc(OC)c1. The first-order valence-electron chi connectivity index (χ1n) is 7.19. The summed E-state index contributed by atoms with van der Waals surface area (Å²) >= 11 is 0. The zero-order valence-electron chi connectivity index (χ0n) is 11.6. The Bertz CT molecular complexity index is 364. The van der Waals surface area contributed by atoms with E-state index in [0.717, 1.165) is 24.8 Å². The van der Waals surface area contributed by atoms with Gasteiger partial charge >= 0.3 is 0 Å². The van der Waals surface area contributed by atoms with E-state index in [4.69, 9.17) is 4.74 Å².